The largest absolute Gasteiger partial charge is 0.341 e. The van der Waals surface area contributed by atoms with Gasteiger partial charge < -0.3 is 10.6 Å². The molecule has 0 spiro atoms. The number of anilines is 1. The zero-order valence-electron chi connectivity index (χ0n) is 14.2. The van der Waals surface area contributed by atoms with Gasteiger partial charge in [0.2, 0.25) is 5.91 Å². The molecule has 3 aromatic rings. The van der Waals surface area contributed by atoms with E-state index in [1.807, 2.05) is 36.4 Å². The molecule has 2 amide bonds. The van der Waals surface area contributed by atoms with Gasteiger partial charge in [-0.2, -0.15) is 0 Å². The van der Waals surface area contributed by atoms with E-state index in [4.69, 9.17) is 0 Å². The van der Waals surface area contributed by atoms with E-state index in [-0.39, 0.29) is 11.8 Å². The topological polar surface area (TPSA) is 84.0 Å². The van der Waals surface area contributed by atoms with Crippen molar-refractivity contribution in [1.29, 1.82) is 0 Å². The van der Waals surface area contributed by atoms with Gasteiger partial charge in [0.15, 0.2) is 5.82 Å². The molecular formula is C20H18N4O2. The summed E-state index contributed by atoms with van der Waals surface area (Å²) in [4.78, 5) is 32.9. The van der Waals surface area contributed by atoms with Crippen LogP contribution in [0.2, 0.25) is 0 Å². The van der Waals surface area contributed by atoms with Crippen molar-refractivity contribution in [1.82, 2.24) is 15.3 Å². The third kappa shape index (κ3) is 4.30. The zero-order valence-corrected chi connectivity index (χ0v) is 14.2. The molecule has 3 rings (SSSR count). The van der Waals surface area contributed by atoms with Gasteiger partial charge in [0.25, 0.3) is 5.91 Å². The van der Waals surface area contributed by atoms with E-state index < -0.39 is 6.04 Å². The summed E-state index contributed by atoms with van der Waals surface area (Å²) in [6, 6.07) is 17.6. The Morgan fingerprint density at radius 2 is 1.46 bits per heavy atom. The molecule has 1 aromatic heterocycles. The van der Waals surface area contributed by atoms with Crippen LogP contribution in [0, 0.1) is 0 Å². The third-order valence-electron chi connectivity index (χ3n) is 3.73. The Hall–Kier alpha value is -3.54. The van der Waals surface area contributed by atoms with Crippen molar-refractivity contribution in [3.05, 3.63) is 78.6 Å². The van der Waals surface area contributed by atoms with E-state index in [1.165, 1.54) is 0 Å². The minimum atomic E-state index is -0.698. The summed E-state index contributed by atoms with van der Waals surface area (Å²) in [5, 5.41) is 5.36. The molecule has 0 aliphatic heterocycles. The van der Waals surface area contributed by atoms with E-state index in [2.05, 4.69) is 20.6 Å². The second-order valence-electron chi connectivity index (χ2n) is 5.71. The number of nitrogens with one attached hydrogen (secondary N) is 2. The highest BCUT2D eigenvalue weighted by molar-refractivity contribution is 6.00. The molecule has 2 aromatic carbocycles. The monoisotopic (exact) mass is 346 g/mol. The second kappa shape index (κ2) is 8.02. The van der Waals surface area contributed by atoms with E-state index in [0.29, 0.717) is 17.1 Å². The summed E-state index contributed by atoms with van der Waals surface area (Å²) in [5.41, 5.74) is 1.87. The highest BCUT2D eigenvalue weighted by atomic mass is 16.2. The molecule has 1 heterocycles. The number of nitrogens with zero attached hydrogens (tertiary/aromatic N) is 2. The third-order valence-corrected chi connectivity index (χ3v) is 3.73. The Bertz CT molecular complexity index is 881. The highest BCUT2D eigenvalue weighted by Crippen LogP contribution is 2.14. The molecule has 0 aliphatic rings. The fraction of sp³-hybridized carbons (Fsp3) is 0.100. The van der Waals surface area contributed by atoms with Gasteiger partial charge in [-0.1, -0.05) is 48.5 Å². The Labute approximate surface area is 151 Å². The van der Waals surface area contributed by atoms with Crippen LogP contribution in [-0.2, 0) is 4.79 Å². The average Bonchev–Trinajstić information content (AvgIpc) is 2.70. The number of hydrogen-bond acceptors (Lipinski definition) is 4. The van der Waals surface area contributed by atoms with E-state index >= 15 is 0 Å². The Balaban J connectivity index is 1.60. The molecule has 0 saturated heterocycles. The average molecular weight is 346 g/mol. The van der Waals surface area contributed by atoms with Crippen molar-refractivity contribution in [3.63, 3.8) is 0 Å². The Morgan fingerprint density at radius 1 is 0.885 bits per heavy atom. The first-order valence-electron chi connectivity index (χ1n) is 8.18. The number of benzene rings is 2. The molecule has 6 nitrogen and oxygen atoms in total. The zero-order chi connectivity index (χ0) is 18.4. The first-order valence-corrected chi connectivity index (χ1v) is 8.18. The molecule has 0 fully saturated rings. The van der Waals surface area contributed by atoms with Crippen LogP contribution in [0.4, 0.5) is 5.69 Å². The number of aromatic nitrogens is 2. The maximum Gasteiger partial charge on any atom is 0.251 e. The van der Waals surface area contributed by atoms with Crippen LogP contribution in [0.1, 0.15) is 17.3 Å². The van der Waals surface area contributed by atoms with Gasteiger partial charge >= 0.3 is 0 Å². The fourth-order valence-electron chi connectivity index (χ4n) is 2.31. The quantitative estimate of drug-likeness (QED) is 0.744. The van der Waals surface area contributed by atoms with E-state index in [0.717, 1.165) is 5.56 Å². The van der Waals surface area contributed by atoms with Crippen molar-refractivity contribution in [3.8, 4) is 11.4 Å². The predicted molar refractivity (Wildman–Crippen MR) is 99.5 cm³/mol. The first kappa shape index (κ1) is 17.3. The standard InChI is InChI=1S/C20H18N4O2/c1-14(23-20(26)16-10-6-3-7-11-16)19(25)24-17-12-21-18(22-13-17)15-8-4-2-5-9-15/h2-14H,1H3,(H,23,26)(H,24,25). The lowest BCUT2D eigenvalue weighted by Gasteiger charge is -2.14. The van der Waals surface area contributed by atoms with Gasteiger partial charge in [-0.05, 0) is 19.1 Å². The SMILES string of the molecule is CC(NC(=O)c1ccccc1)C(=O)Nc1cnc(-c2ccccc2)nc1. The minimum Gasteiger partial charge on any atom is -0.341 e. The normalized spacial score (nSPS) is 11.4. The van der Waals surface area contributed by atoms with Crippen LogP contribution in [0.25, 0.3) is 11.4 Å². The summed E-state index contributed by atoms with van der Waals surface area (Å²) < 4.78 is 0. The summed E-state index contributed by atoms with van der Waals surface area (Å²) in [6.45, 7) is 1.62. The highest BCUT2D eigenvalue weighted by Gasteiger charge is 2.17. The second-order valence-corrected chi connectivity index (χ2v) is 5.71. The van der Waals surface area contributed by atoms with Gasteiger partial charge in [-0.3, -0.25) is 9.59 Å². The summed E-state index contributed by atoms with van der Waals surface area (Å²) >= 11 is 0. The van der Waals surface area contributed by atoms with Gasteiger partial charge in [-0.15, -0.1) is 0 Å². The summed E-state index contributed by atoms with van der Waals surface area (Å²) in [6.07, 6.45) is 3.08. The summed E-state index contributed by atoms with van der Waals surface area (Å²) in [5.74, 6) is -0.0664. The van der Waals surface area contributed by atoms with Gasteiger partial charge in [0, 0.05) is 11.1 Å². The first-order chi connectivity index (χ1) is 12.6. The predicted octanol–water partition coefficient (Wildman–Crippen LogP) is 2.90. The van der Waals surface area contributed by atoms with Crippen LogP contribution >= 0.6 is 0 Å². The van der Waals surface area contributed by atoms with Gasteiger partial charge in [0.05, 0.1) is 18.1 Å². The fourth-order valence-corrected chi connectivity index (χ4v) is 2.31. The van der Waals surface area contributed by atoms with E-state index in [9.17, 15) is 9.59 Å². The number of carbonyl (C=O) groups is 2. The lowest BCUT2D eigenvalue weighted by atomic mass is 10.2. The van der Waals surface area contributed by atoms with Crippen LogP contribution in [0.3, 0.4) is 0 Å². The van der Waals surface area contributed by atoms with Crippen molar-refractivity contribution in [2.75, 3.05) is 5.32 Å². The van der Waals surface area contributed by atoms with Crippen LogP contribution < -0.4 is 10.6 Å². The molecule has 6 heteroatoms. The molecule has 26 heavy (non-hydrogen) atoms. The molecular weight excluding hydrogens is 328 g/mol. The lowest BCUT2D eigenvalue weighted by Crippen LogP contribution is -2.41. The minimum absolute atomic E-state index is 0.302. The number of rotatable bonds is 5. The number of carbonyl (C=O) groups excluding carboxylic acids is 2. The molecule has 2 N–H and O–H groups in total. The van der Waals surface area contributed by atoms with Crippen LogP contribution in [0.5, 0.6) is 0 Å². The Morgan fingerprint density at radius 3 is 2.08 bits per heavy atom. The smallest absolute Gasteiger partial charge is 0.251 e. The van der Waals surface area contributed by atoms with Crippen LogP contribution in [-0.4, -0.2) is 27.8 Å². The van der Waals surface area contributed by atoms with Gasteiger partial charge in [-0.25, -0.2) is 9.97 Å². The Kier molecular flexibility index (Phi) is 5.34. The lowest BCUT2D eigenvalue weighted by molar-refractivity contribution is -0.117. The molecule has 0 bridgehead atoms. The molecule has 1 atom stereocenters. The van der Waals surface area contributed by atoms with Gasteiger partial charge in [0.1, 0.15) is 6.04 Å². The number of hydrogen-bond donors (Lipinski definition) is 2. The van der Waals surface area contributed by atoms with Crippen molar-refractivity contribution >= 4 is 17.5 Å². The maximum atomic E-state index is 12.3. The molecule has 130 valence electrons. The van der Waals surface area contributed by atoms with Crippen LogP contribution in [0.15, 0.2) is 73.1 Å². The molecule has 1 unspecified atom stereocenters. The molecule has 0 radical (unpaired) electrons. The molecule has 0 saturated carbocycles. The van der Waals surface area contributed by atoms with Crippen molar-refractivity contribution < 1.29 is 9.59 Å². The molecule has 0 aliphatic carbocycles. The van der Waals surface area contributed by atoms with Crippen molar-refractivity contribution in [2.45, 2.75) is 13.0 Å². The van der Waals surface area contributed by atoms with E-state index in [1.54, 1.807) is 43.6 Å². The maximum absolute atomic E-state index is 12.3. The summed E-state index contributed by atoms with van der Waals surface area (Å²) in [7, 11) is 0. The number of amides is 2. The van der Waals surface area contributed by atoms with Crippen molar-refractivity contribution in [2.24, 2.45) is 0 Å².